The van der Waals surface area contributed by atoms with E-state index in [0.717, 1.165) is 18.4 Å². The topological polar surface area (TPSA) is 84.3 Å². The number of carbonyl (C=O) groups excluding carboxylic acids is 1. The van der Waals surface area contributed by atoms with E-state index in [4.69, 9.17) is 0 Å². The number of rotatable bonds is 8. The summed E-state index contributed by atoms with van der Waals surface area (Å²) in [6, 6.07) is 13.3. The molecule has 0 heterocycles. The Balaban J connectivity index is 1.58. The normalized spacial score (nSPS) is 13.4. The number of hydrogen-bond acceptors (Lipinski definition) is 4. The number of hydrogen-bond donors (Lipinski definition) is 2. The van der Waals surface area contributed by atoms with Gasteiger partial charge in [0.1, 0.15) is 5.69 Å². The number of anilines is 1. The molecule has 0 spiro atoms. The molecule has 1 saturated carbocycles. The molecule has 0 saturated heterocycles. The van der Waals surface area contributed by atoms with E-state index in [1.165, 1.54) is 11.6 Å². The molecule has 1 aliphatic rings. The van der Waals surface area contributed by atoms with Crippen LogP contribution >= 0.6 is 0 Å². The number of benzene rings is 2. The van der Waals surface area contributed by atoms with Crippen molar-refractivity contribution >= 4 is 17.3 Å². The van der Waals surface area contributed by atoms with Gasteiger partial charge in [0.05, 0.1) is 4.92 Å². The highest BCUT2D eigenvalue weighted by Gasteiger charge is 2.25. The summed E-state index contributed by atoms with van der Waals surface area (Å²) in [6.45, 7) is 4.79. The van der Waals surface area contributed by atoms with E-state index in [1.807, 2.05) is 0 Å². The first-order valence-electron chi connectivity index (χ1n) is 9.36. The highest BCUT2D eigenvalue weighted by molar-refractivity contribution is 5.95. The van der Waals surface area contributed by atoms with Gasteiger partial charge in [-0.2, -0.15) is 0 Å². The van der Waals surface area contributed by atoms with Crippen molar-refractivity contribution in [3.8, 4) is 0 Å². The molecule has 1 aliphatic carbocycles. The minimum absolute atomic E-state index is 0.0566. The molecule has 2 N–H and O–H groups in total. The minimum Gasteiger partial charge on any atom is -0.377 e. The Labute approximate surface area is 159 Å². The number of nitrogens with zero attached hydrogens (tertiary/aromatic N) is 1. The van der Waals surface area contributed by atoms with E-state index in [0.29, 0.717) is 36.2 Å². The summed E-state index contributed by atoms with van der Waals surface area (Å²) in [6.07, 6.45) is 2.77. The zero-order valence-electron chi connectivity index (χ0n) is 15.7. The lowest BCUT2D eigenvalue weighted by Gasteiger charge is -2.09. The molecule has 0 unspecified atom stereocenters. The fraction of sp³-hybridized carbons (Fsp3) is 0.381. The smallest absolute Gasteiger partial charge is 0.293 e. The molecule has 6 heteroatoms. The van der Waals surface area contributed by atoms with Gasteiger partial charge in [0, 0.05) is 24.2 Å². The Bertz CT molecular complexity index is 827. The second-order valence-electron chi connectivity index (χ2n) is 7.31. The Morgan fingerprint density at radius 3 is 2.48 bits per heavy atom. The van der Waals surface area contributed by atoms with E-state index in [1.54, 1.807) is 12.1 Å². The molecule has 0 aliphatic heterocycles. The SMILES string of the molecule is CC(C)c1ccc(CCNC(=O)c2ccc(NC3CC3)c([N+](=O)[O-])c2)cc1. The number of nitrogens with one attached hydrogen (secondary N) is 2. The molecule has 1 fully saturated rings. The Kier molecular flexibility index (Phi) is 5.74. The molecular weight excluding hydrogens is 342 g/mol. The van der Waals surface area contributed by atoms with Gasteiger partial charge in [0.2, 0.25) is 0 Å². The average molecular weight is 367 g/mol. The summed E-state index contributed by atoms with van der Waals surface area (Å²) in [4.78, 5) is 23.2. The zero-order chi connectivity index (χ0) is 19.4. The van der Waals surface area contributed by atoms with Crippen LogP contribution < -0.4 is 10.6 Å². The third kappa shape index (κ3) is 5.06. The monoisotopic (exact) mass is 367 g/mol. The van der Waals surface area contributed by atoms with Crippen LogP contribution in [0.5, 0.6) is 0 Å². The molecule has 0 aromatic heterocycles. The quantitative estimate of drug-likeness (QED) is 0.539. The summed E-state index contributed by atoms with van der Waals surface area (Å²) in [5.41, 5.74) is 3.16. The second-order valence-corrected chi connectivity index (χ2v) is 7.31. The summed E-state index contributed by atoms with van der Waals surface area (Å²) in [7, 11) is 0. The van der Waals surface area contributed by atoms with Gasteiger partial charge < -0.3 is 10.6 Å². The summed E-state index contributed by atoms with van der Waals surface area (Å²) >= 11 is 0. The molecule has 0 radical (unpaired) electrons. The number of nitro benzene ring substituents is 1. The van der Waals surface area contributed by atoms with Crippen molar-refractivity contribution in [2.24, 2.45) is 0 Å². The maximum absolute atomic E-state index is 12.3. The summed E-state index contributed by atoms with van der Waals surface area (Å²) < 4.78 is 0. The molecule has 1 amide bonds. The third-order valence-corrected chi connectivity index (χ3v) is 4.74. The van der Waals surface area contributed by atoms with Crippen molar-refractivity contribution in [1.29, 1.82) is 0 Å². The van der Waals surface area contributed by atoms with Crippen LogP contribution in [0.25, 0.3) is 0 Å². The Hall–Kier alpha value is -2.89. The van der Waals surface area contributed by atoms with Crippen LogP contribution in [0.15, 0.2) is 42.5 Å². The molecule has 2 aromatic carbocycles. The maximum Gasteiger partial charge on any atom is 0.293 e. The molecule has 0 atom stereocenters. The fourth-order valence-electron chi connectivity index (χ4n) is 2.89. The second kappa shape index (κ2) is 8.20. The summed E-state index contributed by atoms with van der Waals surface area (Å²) in [5, 5.41) is 17.3. The predicted octanol–water partition coefficient (Wildman–Crippen LogP) is 4.27. The van der Waals surface area contributed by atoms with Crippen molar-refractivity contribution in [2.45, 2.75) is 45.1 Å². The molecular formula is C21H25N3O3. The lowest BCUT2D eigenvalue weighted by atomic mass is 10.0. The fourth-order valence-corrected chi connectivity index (χ4v) is 2.89. The van der Waals surface area contributed by atoms with Crippen LogP contribution in [0.2, 0.25) is 0 Å². The van der Waals surface area contributed by atoms with E-state index in [-0.39, 0.29) is 11.6 Å². The number of carbonyl (C=O) groups is 1. The van der Waals surface area contributed by atoms with Crippen LogP contribution in [0, 0.1) is 10.1 Å². The van der Waals surface area contributed by atoms with Gasteiger partial charge in [0.25, 0.3) is 11.6 Å². The van der Waals surface area contributed by atoms with E-state index in [2.05, 4.69) is 48.7 Å². The molecule has 6 nitrogen and oxygen atoms in total. The zero-order valence-corrected chi connectivity index (χ0v) is 15.7. The first kappa shape index (κ1) is 18.9. The van der Waals surface area contributed by atoms with Crippen LogP contribution in [0.1, 0.15) is 54.1 Å². The van der Waals surface area contributed by atoms with E-state index >= 15 is 0 Å². The lowest BCUT2D eigenvalue weighted by molar-refractivity contribution is -0.384. The van der Waals surface area contributed by atoms with Crippen molar-refractivity contribution in [3.63, 3.8) is 0 Å². The van der Waals surface area contributed by atoms with Crippen molar-refractivity contribution in [1.82, 2.24) is 5.32 Å². The maximum atomic E-state index is 12.3. The van der Waals surface area contributed by atoms with E-state index in [9.17, 15) is 14.9 Å². The first-order valence-corrected chi connectivity index (χ1v) is 9.36. The first-order chi connectivity index (χ1) is 12.9. The van der Waals surface area contributed by atoms with Crippen molar-refractivity contribution in [3.05, 3.63) is 69.3 Å². The Morgan fingerprint density at radius 2 is 1.89 bits per heavy atom. The lowest BCUT2D eigenvalue weighted by Crippen LogP contribution is -2.25. The van der Waals surface area contributed by atoms with E-state index < -0.39 is 4.92 Å². The van der Waals surface area contributed by atoms with Gasteiger partial charge in [-0.05, 0) is 48.4 Å². The number of amides is 1. The molecule has 142 valence electrons. The van der Waals surface area contributed by atoms with Crippen molar-refractivity contribution in [2.75, 3.05) is 11.9 Å². The standard InChI is InChI=1S/C21H25N3O3/c1-14(2)16-5-3-15(4-6-16)11-12-22-21(25)17-7-10-19(23-18-8-9-18)20(13-17)24(26)27/h3-7,10,13-14,18,23H,8-9,11-12H2,1-2H3,(H,22,25). The molecule has 3 rings (SSSR count). The predicted molar refractivity (Wildman–Crippen MR) is 106 cm³/mol. The van der Waals surface area contributed by atoms with Crippen LogP contribution in [-0.2, 0) is 6.42 Å². The van der Waals surface area contributed by atoms with Crippen LogP contribution in [0.4, 0.5) is 11.4 Å². The highest BCUT2D eigenvalue weighted by atomic mass is 16.6. The largest absolute Gasteiger partial charge is 0.377 e. The van der Waals surface area contributed by atoms with Gasteiger partial charge in [0.15, 0.2) is 0 Å². The highest BCUT2D eigenvalue weighted by Crippen LogP contribution is 2.31. The number of nitro groups is 1. The van der Waals surface area contributed by atoms with Gasteiger partial charge in [-0.15, -0.1) is 0 Å². The van der Waals surface area contributed by atoms with Gasteiger partial charge in [-0.25, -0.2) is 0 Å². The van der Waals surface area contributed by atoms with Gasteiger partial charge in [-0.3, -0.25) is 14.9 Å². The molecule has 0 bridgehead atoms. The summed E-state index contributed by atoms with van der Waals surface area (Å²) in [5.74, 6) is 0.196. The molecule has 27 heavy (non-hydrogen) atoms. The van der Waals surface area contributed by atoms with Crippen LogP contribution in [-0.4, -0.2) is 23.4 Å². The minimum atomic E-state index is -0.447. The van der Waals surface area contributed by atoms with Crippen molar-refractivity contribution < 1.29 is 9.72 Å². The Morgan fingerprint density at radius 1 is 1.19 bits per heavy atom. The average Bonchev–Trinajstić information content (AvgIpc) is 3.46. The molecule has 2 aromatic rings. The third-order valence-electron chi connectivity index (χ3n) is 4.74. The van der Waals surface area contributed by atoms with Crippen LogP contribution in [0.3, 0.4) is 0 Å². The van der Waals surface area contributed by atoms with Gasteiger partial charge >= 0.3 is 0 Å². The van der Waals surface area contributed by atoms with Gasteiger partial charge in [-0.1, -0.05) is 38.1 Å².